The van der Waals surface area contributed by atoms with E-state index in [9.17, 15) is 4.79 Å². The predicted molar refractivity (Wildman–Crippen MR) is 86.9 cm³/mol. The Bertz CT molecular complexity index is 625. The number of thioether (sulfide) groups is 1. The number of para-hydroxylation sites is 2. The van der Waals surface area contributed by atoms with Crippen molar-refractivity contribution in [1.29, 1.82) is 0 Å². The molecule has 1 aliphatic rings. The van der Waals surface area contributed by atoms with E-state index < -0.39 is 0 Å². The summed E-state index contributed by atoms with van der Waals surface area (Å²) in [7, 11) is 1.44. The van der Waals surface area contributed by atoms with Crippen molar-refractivity contribution in [2.75, 3.05) is 25.2 Å². The van der Waals surface area contributed by atoms with E-state index in [2.05, 4.69) is 16.8 Å². The van der Waals surface area contributed by atoms with Gasteiger partial charge in [-0.2, -0.15) is 11.8 Å². The molecular weight excluding hydrogens is 300 g/mol. The minimum Gasteiger partial charge on any atom is -0.469 e. The molecule has 1 saturated heterocycles. The molecule has 0 unspecified atom stereocenters. The van der Waals surface area contributed by atoms with Crippen molar-refractivity contribution in [2.45, 2.75) is 25.4 Å². The van der Waals surface area contributed by atoms with Crippen molar-refractivity contribution in [2.24, 2.45) is 0 Å². The molecule has 1 aliphatic heterocycles. The Hall–Kier alpha value is -1.53. The van der Waals surface area contributed by atoms with E-state index in [1.807, 2.05) is 36.0 Å². The summed E-state index contributed by atoms with van der Waals surface area (Å²) in [5.41, 5.74) is 1.68. The Morgan fingerprint density at radius 3 is 3.14 bits per heavy atom. The van der Waals surface area contributed by atoms with Crippen LogP contribution in [-0.4, -0.2) is 47.1 Å². The van der Waals surface area contributed by atoms with Crippen LogP contribution in [0, 0.1) is 0 Å². The van der Waals surface area contributed by atoms with E-state index in [1.165, 1.54) is 7.11 Å². The quantitative estimate of drug-likeness (QED) is 0.808. The van der Waals surface area contributed by atoms with Crippen LogP contribution in [0.1, 0.15) is 25.3 Å². The predicted octanol–water partition coefficient (Wildman–Crippen LogP) is 2.87. The smallest absolute Gasteiger partial charge is 0.307 e. The zero-order valence-electron chi connectivity index (χ0n) is 12.8. The highest BCUT2D eigenvalue weighted by atomic mass is 32.2. The van der Waals surface area contributed by atoms with Crippen LogP contribution in [0.5, 0.6) is 0 Å². The zero-order chi connectivity index (χ0) is 15.5. The number of ether oxygens (including phenoxy) is 1. The van der Waals surface area contributed by atoms with Crippen molar-refractivity contribution in [3.05, 3.63) is 30.2 Å². The molecule has 0 aliphatic carbocycles. The summed E-state index contributed by atoms with van der Waals surface area (Å²) in [5.74, 6) is 2.53. The molecular formula is C16H20N2O3S. The Balaban J connectivity index is 1.81. The van der Waals surface area contributed by atoms with Gasteiger partial charge in [-0.25, -0.2) is 4.98 Å². The molecule has 22 heavy (non-hydrogen) atoms. The van der Waals surface area contributed by atoms with Crippen LogP contribution >= 0.6 is 11.8 Å². The zero-order valence-corrected chi connectivity index (χ0v) is 13.6. The van der Waals surface area contributed by atoms with Gasteiger partial charge in [0.15, 0.2) is 5.58 Å². The van der Waals surface area contributed by atoms with Crippen molar-refractivity contribution in [3.8, 4) is 0 Å². The summed E-state index contributed by atoms with van der Waals surface area (Å²) in [6, 6.07) is 7.99. The first-order valence-electron chi connectivity index (χ1n) is 7.45. The second-order valence-corrected chi connectivity index (χ2v) is 6.59. The van der Waals surface area contributed by atoms with Gasteiger partial charge in [0, 0.05) is 24.1 Å². The van der Waals surface area contributed by atoms with Crippen LogP contribution in [0.25, 0.3) is 11.1 Å². The van der Waals surface area contributed by atoms with Gasteiger partial charge in [0.1, 0.15) is 5.52 Å². The Morgan fingerprint density at radius 1 is 1.55 bits per heavy atom. The number of esters is 1. The Kier molecular flexibility index (Phi) is 4.69. The second-order valence-electron chi connectivity index (χ2n) is 5.44. The number of methoxy groups -OCH3 is 1. The highest BCUT2D eigenvalue weighted by molar-refractivity contribution is 7.99. The Labute approximate surface area is 134 Å². The van der Waals surface area contributed by atoms with E-state index in [4.69, 9.17) is 9.15 Å². The highest BCUT2D eigenvalue weighted by Gasteiger charge is 2.31. The van der Waals surface area contributed by atoms with Crippen LogP contribution in [0.3, 0.4) is 0 Å². The van der Waals surface area contributed by atoms with Gasteiger partial charge in [-0.05, 0) is 19.1 Å². The van der Waals surface area contributed by atoms with Gasteiger partial charge in [-0.3, -0.25) is 9.69 Å². The average Bonchev–Trinajstić information content (AvgIpc) is 2.98. The van der Waals surface area contributed by atoms with Crippen molar-refractivity contribution >= 4 is 28.8 Å². The maximum Gasteiger partial charge on any atom is 0.307 e. The molecule has 118 valence electrons. The van der Waals surface area contributed by atoms with E-state index in [0.717, 1.165) is 29.2 Å². The van der Waals surface area contributed by atoms with Crippen molar-refractivity contribution in [1.82, 2.24) is 9.88 Å². The molecule has 0 amide bonds. The van der Waals surface area contributed by atoms with Gasteiger partial charge in [-0.15, -0.1) is 0 Å². The molecule has 3 rings (SSSR count). The van der Waals surface area contributed by atoms with E-state index in [0.29, 0.717) is 12.3 Å². The molecule has 0 saturated carbocycles. The third-order valence-electron chi connectivity index (χ3n) is 4.07. The minimum atomic E-state index is -0.165. The second kappa shape index (κ2) is 6.71. The summed E-state index contributed by atoms with van der Waals surface area (Å²) >= 11 is 1.88. The lowest BCUT2D eigenvalue weighted by molar-refractivity contribution is -0.142. The molecule has 0 radical (unpaired) electrons. The molecule has 0 bridgehead atoms. The molecule has 1 aromatic carbocycles. The van der Waals surface area contributed by atoms with Crippen LogP contribution in [-0.2, 0) is 9.53 Å². The topological polar surface area (TPSA) is 55.6 Å². The largest absolute Gasteiger partial charge is 0.469 e. The lowest BCUT2D eigenvalue weighted by atomic mass is 10.1. The molecule has 2 aromatic rings. The lowest BCUT2D eigenvalue weighted by Gasteiger charge is -2.37. The third-order valence-corrected chi connectivity index (χ3v) is 5.16. The van der Waals surface area contributed by atoms with Crippen LogP contribution in [0.4, 0.5) is 0 Å². The summed E-state index contributed by atoms with van der Waals surface area (Å²) in [6.45, 7) is 3.01. The Morgan fingerprint density at radius 2 is 2.36 bits per heavy atom. The number of nitrogens with zero attached hydrogens (tertiary/aromatic N) is 2. The number of carbonyl (C=O) groups excluding carboxylic acids is 1. The SMILES string of the molecule is COC(=O)C[C@H]1CSCCN1[C@H](C)c1nc2ccccc2o1. The fourth-order valence-electron chi connectivity index (χ4n) is 2.84. The summed E-state index contributed by atoms with van der Waals surface area (Å²) < 4.78 is 10.7. The van der Waals surface area contributed by atoms with Crippen molar-refractivity contribution < 1.29 is 13.9 Å². The molecule has 0 N–H and O–H groups in total. The van der Waals surface area contributed by atoms with Crippen LogP contribution < -0.4 is 0 Å². The first-order chi connectivity index (χ1) is 10.7. The van der Waals surface area contributed by atoms with Crippen molar-refractivity contribution in [3.63, 3.8) is 0 Å². The molecule has 1 fully saturated rings. The molecule has 6 heteroatoms. The van der Waals surface area contributed by atoms with Crippen LogP contribution in [0.2, 0.25) is 0 Å². The number of oxazole rings is 1. The first-order valence-corrected chi connectivity index (χ1v) is 8.60. The normalized spacial score (nSPS) is 20.9. The van der Waals surface area contributed by atoms with E-state index >= 15 is 0 Å². The number of hydrogen-bond acceptors (Lipinski definition) is 6. The molecule has 0 spiro atoms. The monoisotopic (exact) mass is 320 g/mol. The maximum atomic E-state index is 11.6. The van der Waals surface area contributed by atoms with E-state index in [1.54, 1.807) is 0 Å². The molecule has 1 aromatic heterocycles. The van der Waals surface area contributed by atoms with Gasteiger partial charge in [-0.1, -0.05) is 12.1 Å². The number of benzene rings is 1. The number of hydrogen-bond donors (Lipinski definition) is 0. The average molecular weight is 320 g/mol. The lowest BCUT2D eigenvalue weighted by Crippen LogP contribution is -2.45. The van der Waals surface area contributed by atoms with E-state index in [-0.39, 0.29) is 18.1 Å². The summed E-state index contributed by atoms with van der Waals surface area (Å²) in [4.78, 5) is 18.5. The highest BCUT2D eigenvalue weighted by Crippen LogP contribution is 2.30. The summed E-state index contributed by atoms with van der Waals surface area (Å²) in [5, 5.41) is 0. The number of fused-ring (bicyclic) bond motifs is 1. The summed E-state index contributed by atoms with van der Waals surface area (Å²) in [6.07, 6.45) is 0.411. The van der Waals surface area contributed by atoms with Gasteiger partial charge in [0.2, 0.25) is 5.89 Å². The molecule has 2 heterocycles. The standard InChI is InChI=1S/C16H20N2O3S/c1-11(16-17-13-5-3-4-6-14(13)21-16)18-7-8-22-10-12(18)9-15(19)20-2/h3-6,11-12H,7-10H2,1-2H3/t11-,12+/m1/s1. The number of rotatable bonds is 4. The first kappa shape index (κ1) is 15.4. The van der Waals surface area contributed by atoms with Gasteiger partial charge >= 0.3 is 5.97 Å². The van der Waals surface area contributed by atoms with Gasteiger partial charge in [0.25, 0.3) is 0 Å². The minimum absolute atomic E-state index is 0.0444. The fraction of sp³-hybridized carbons (Fsp3) is 0.500. The number of carbonyl (C=O) groups is 1. The number of aromatic nitrogens is 1. The maximum absolute atomic E-state index is 11.6. The fourth-order valence-corrected chi connectivity index (χ4v) is 3.93. The van der Waals surface area contributed by atoms with Crippen LogP contribution in [0.15, 0.2) is 28.7 Å². The van der Waals surface area contributed by atoms with Gasteiger partial charge < -0.3 is 9.15 Å². The van der Waals surface area contributed by atoms with Gasteiger partial charge in [0.05, 0.1) is 19.6 Å². The molecule has 2 atom stereocenters. The molecule has 5 nitrogen and oxygen atoms in total. The third kappa shape index (κ3) is 3.13.